The highest BCUT2D eigenvalue weighted by Gasteiger charge is 2.23. The van der Waals surface area contributed by atoms with E-state index in [1.54, 1.807) is 31.3 Å². The summed E-state index contributed by atoms with van der Waals surface area (Å²) >= 11 is 0. The number of hydrogen-bond donors (Lipinski definition) is 1. The highest BCUT2D eigenvalue weighted by atomic mass is 32.2. The average molecular weight is 270 g/mol. The van der Waals surface area contributed by atoms with Crippen LogP contribution in [0.1, 0.15) is 20.8 Å². The van der Waals surface area contributed by atoms with Gasteiger partial charge < -0.3 is 5.32 Å². The normalized spacial score (nSPS) is 12.1. The van der Waals surface area contributed by atoms with Crippen LogP contribution in [-0.4, -0.2) is 32.9 Å². The van der Waals surface area contributed by atoms with Crippen LogP contribution < -0.4 is 5.32 Å². The number of sulfonamides is 1. The predicted octanol–water partition coefficient (Wildman–Crippen LogP) is 2.39. The topological polar surface area (TPSA) is 49.4 Å². The lowest BCUT2D eigenvalue weighted by atomic mass is 10.2. The lowest BCUT2D eigenvalue weighted by Crippen LogP contribution is -2.34. The lowest BCUT2D eigenvalue weighted by Gasteiger charge is -2.22. The second-order valence-electron chi connectivity index (χ2n) is 4.62. The molecule has 0 radical (unpaired) electrons. The summed E-state index contributed by atoms with van der Waals surface area (Å²) in [4.78, 5) is 0.351. The van der Waals surface area contributed by atoms with Gasteiger partial charge in [-0.1, -0.05) is 20.8 Å². The van der Waals surface area contributed by atoms with Gasteiger partial charge in [-0.25, -0.2) is 8.42 Å². The van der Waals surface area contributed by atoms with Crippen molar-refractivity contribution in [3.63, 3.8) is 0 Å². The average Bonchev–Trinajstić information content (AvgIpc) is 2.35. The van der Waals surface area contributed by atoms with Crippen LogP contribution in [0.25, 0.3) is 0 Å². The Balaban J connectivity index is 3.02. The van der Waals surface area contributed by atoms with Crippen molar-refractivity contribution in [3.8, 4) is 0 Å². The Morgan fingerprint density at radius 1 is 1.22 bits per heavy atom. The van der Waals surface area contributed by atoms with Crippen LogP contribution in [0.2, 0.25) is 0 Å². The van der Waals surface area contributed by atoms with Crippen molar-refractivity contribution >= 4 is 15.7 Å². The molecule has 0 saturated carbocycles. The molecule has 0 unspecified atom stereocenters. The van der Waals surface area contributed by atoms with E-state index in [0.717, 1.165) is 5.69 Å². The van der Waals surface area contributed by atoms with Crippen LogP contribution in [0.5, 0.6) is 0 Å². The van der Waals surface area contributed by atoms with Crippen molar-refractivity contribution < 1.29 is 8.42 Å². The summed E-state index contributed by atoms with van der Waals surface area (Å²) in [6, 6.07) is 6.83. The minimum atomic E-state index is -3.37. The maximum atomic E-state index is 12.4. The minimum absolute atomic E-state index is 0.316. The van der Waals surface area contributed by atoms with Crippen LogP contribution in [0.15, 0.2) is 29.2 Å². The molecular formula is C13H22N2O2S. The fraction of sp³-hybridized carbons (Fsp3) is 0.538. The molecule has 0 amide bonds. The van der Waals surface area contributed by atoms with Crippen LogP contribution in [0, 0.1) is 5.92 Å². The van der Waals surface area contributed by atoms with Crippen molar-refractivity contribution in [2.75, 3.05) is 25.5 Å². The number of hydrogen-bond acceptors (Lipinski definition) is 3. The van der Waals surface area contributed by atoms with Crippen molar-refractivity contribution in [1.29, 1.82) is 0 Å². The van der Waals surface area contributed by atoms with Crippen LogP contribution in [0.4, 0.5) is 5.69 Å². The number of rotatable bonds is 6. The maximum absolute atomic E-state index is 12.4. The van der Waals surface area contributed by atoms with E-state index in [1.807, 2.05) is 20.8 Å². The maximum Gasteiger partial charge on any atom is 0.243 e. The summed E-state index contributed by atoms with van der Waals surface area (Å²) < 4.78 is 26.3. The number of nitrogens with zero attached hydrogens (tertiary/aromatic N) is 1. The smallest absolute Gasteiger partial charge is 0.243 e. The van der Waals surface area contributed by atoms with E-state index in [1.165, 1.54) is 4.31 Å². The predicted molar refractivity (Wildman–Crippen MR) is 75.3 cm³/mol. The molecule has 18 heavy (non-hydrogen) atoms. The number of benzene rings is 1. The molecule has 0 aliphatic heterocycles. The van der Waals surface area contributed by atoms with Gasteiger partial charge in [-0.2, -0.15) is 4.31 Å². The van der Waals surface area contributed by atoms with Gasteiger partial charge in [0.1, 0.15) is 0 Å². The molecule has 0 heterocycles. The fourth-order valence-electron chi connectivity index (χ4n) is 1.75. The zero-order chi connectivity index (χ0) is 13.8. The summed E-state index contributed by atoms with van der Waals surface area (Å²) in [5, 5.41) is 2.97. The summed E-state index contributed by atoms with van der Waals surface area (Å²) in [6.07, 6.45) is 0. The van der Waals surface area contributed by atoms with Gasteiger partial charge in [0.15, 0.2) is 0 Å². The summed E-state index contributed by atoms with van der Waals surface area (Å²) in [7, 11) is -1.56. The molecule has 0 aliphatic rings. The first-order chi connectivity index (χ1) is 8.41. The first-order valence-corrected chi connectivity index (χ1v) is 7.63. The van der Waals surface area contributed by atoms with E-state index in [-0.39, 0.29) is 0 Å². The third-order valence-electron chi connectivity index (χ3n) is 2.70. The molecule has 1 rings (SSSR count). The van der Waals surface area contributed by atoms with Gasteiger partial charge in [0, 0.05) is 25.8 Å². The van der Waals surface area contributed by atoms with E-state index in [9.17, 15) is 8.42 Å². The number of nitrogens with one attached hydrogen (secondary N) is 1. The van der Waals surface area contributed by atoms with Gasteiger partial charge in [-0.3, -0.25) is 0 Å². The Labute approximate surface area is 110 Å². The first-order valence-electron chi connectivity index (χ1n) is 6.19. The molecule has 1 aromatic rings. The Kier molecular flexibility index (Phi) is 5.16. The van der Waals surface area contributed by atoms with E-state index in [4.69, 9.17) is 0 Å². The molecule has 0 saturated heterocycles. The SMILES string of the molecule is CCN(CC(C)C)S(=O)(=O)c1ccc(NC)cc1. The van der Waals surface area contributed by atoms with Gasteiger partial charge in [-0.15, -0.1) is 0 Å². The monoisotopic (exact) mass is 270 g/mol. The Bertz CT molecular complexity index is 466. The van der Waals surface area contributed by atoms with Crippen molar-refractivity contribution in [1.82, 2.24) is 4.31 Å². The van der Waals surface area contributed by atoms with Crippen molar-refractivity contribution in [3.05, 3.63) is 24.3 Å². The molecule has 1 aromatic carbocycles. The van der Waals surface area contributed by atoms with Gasteiger partial charge in [-0.05, 0) is 30.2 Å². The standard InChI is InChI=1S/C13H22N2O2S/c1-5-15(10-11(2)3)18(16,17)13-8-6-12(14-4)7-9-13/h6-9,11,14H,5,10H2,1-4H3. The van der Waals surface area contributed by atoms with E-state index >= 15 is 0 Å². The molecule has 5 heteroatoms. The number of anilines is 1. The first kappa shape index (κ1) is 15.0. The van der Waals surface area contributed by atoms with Crippen molar-refractivity contribution in [2.24, 2.45) is 5.92 Å². The van der Waals surface area contributed by atoms with Crippen LogP contribution in [0.3, 0.4) is 0 Å². The molecule has 0 fully saturated rings. The third-order valence-corrected chi connectivity index (χ3v) is 4.66. The molecule has 0 spiro atoms. The molecule has 0 aromatic heterocycles. The molecule has 0 bridgehead atoms. The van der Waals surface area contributed by atoms with E-state index in [0.29, 0.717) is 23.9 Å². The molecule has 4 nitrogen and oxygen atoms in total. The van der Waals surface area contributed by atoms with E-state index < -0.39 is 10.0 Å². The van der Waals surface area contributed by atoms with Gasteiger partial charge in [0.25, 0.3) is 0 Å². The third kappa shape index (κ3) is 3.46. The quantitative estimate of drug-likeness (QED) is 0.863. The van der Waals surface area contributed by atoms with Gasteiger partial charge in [0.05, 0.1) is 4.90 Å². The highest BCUT2D eigenvalue weighted by molar-refractivity contribution is 7.89. The fourth-order valence-corrected chi connectivity index (χ4v) is 3.36. The van der Waals surface area contributed by atoms with Crippen molar-refractivity contribution in [2.45, 2.75) is 25.7 Å². The Hall–Kier alpha value is -1.07. The zero-order valence-electron chi connectivity index (χ0n) is 11.5. The summed E-state index contributed by atoms with van der Waals surface area (Å²) in [5.74, 6) is 0.316. The van der Waals surface area contributed by atoms with Gasteiger partial charge in [0.2, 0.25) is 10.0 Å². The molecule has 0 aliphatic carbocycles. The molecule has 1 N–H and O–H groups in total. The summed E-state index contributed by atoms with van der Waals surface area (Å²) in [6.45, 7) is 6.94. The molecule has 0 atom stereocenters. The summed E-state index contributed by atoms with van der Waals surface area (Å²) in [5.41, 5.74) is 0.904. The Morgan fingerprint density at radius 2 is 1.78 bits per heavy atom. The van der Waals surface area contributed by atoms with E-state index in [2.05, 4.69) is 5.32 Å². The highest BCUT2D eigenvalue weighted by Crippen LogP contribution is 2.19. The van der Waals surface area contributed by atoms with Crippen LogP contribution in [-0.2, 0) is 10.0 Å². The second-order valence-corrected chi connectivity index (χ2v) is 6.56. The molecule has 102 valence electrons. The minimum Gasteiger partial charge on any atom is -0.388 e. The zero-order valence-corrected chi connectivity index (χ0v) is 12.3. The second kappa shape index (κ2) is 6.20. The van der Waals surface area contributed by atoms with Gasteiger partial charge >= 0.3 is 0 Å². The van der Waals surface area contributed by atoms with Crippen LogP contribution >= 0.6 is 0 Å². The lowest BCUT2D eigenvalue weighted by molar-refractivity contribution is 0.381. The Morgan fingerprint density at radius 3 is 2.17 bits per heavy atom. The largest absolute Gasteiger partial charge is 0.388 e. The molecular weight excluding hydrogens is 248 g/mol.